The van der Waals surface area contributed by atoms with Gasteiger partial charge in [0.1, 0.15) is 0 Å². The van der Waals surface area contributed by atoms with Gasteiger partial charge >= 0.3 is 0 Å². The van der Waals surface area contributed by atoms with E-state index in [0.29, 0.717) is 0 Å². The summed E-state index contributed by atoms with van der Waals surface area (Å²) in [5.41, 5.74) is 22.3. The molecule has 0 aliphatic carbocycles. The summed E-state index contributed by atoms with van der Waals surface area (Å²) in [4.78, 5) is 0. The van der Waals surface area contributed by atoms with Crippen LogP contribution in [0.3, 0.4) is 0 Å². The van der Waals surface area contributed by atoms with Gasteiger partial charge in [-0.25, -0.2) is 0 Å². The predicted octanol–water partition coefficient (Wildman–Crippen LogP) is 19.3. The first-order valence-corrected chi connectivity index (χ1v) is 25.8. The maximum Gasteiger partial charge on any atom is 0.0641 e. The van der Waals surface area contributed by atoms with Gasteiger partial charge in [0, 0.05) is 49.4 Å². The third-order valence-electron chi connectivity index (χ3n) is 15.4. The second kappa shape index (κ2) is 17.4. The van der Waals surface area contributed by atoms with Crippen LogP contribution in [0.5, 0.6) is 0 Å². The molecule has 0 saturated carbocycles. The zero-order valence-electron chi connectivity index (χ0n) is 41.0. The lowest BCUT2D eigenvalue weighted by molar-refractivity contribution is 1.16. The molecule has 0 bridgehead atoms. The highest BCUT2D eigenvalue weighted by molar-refractivity contribution is 6.26. The Morgan fingerprint density at radius 2 is 0.547 bits per heavy atom. The van der Waals surface area contributed by atoms with Gasteiger partial charge in [0.25, 0.3) is 0 Å². The van der Waals surface area contributed by atoms with E-state index < -0.39 is 0 Å². The van der Waals surface area contributed by atoms with Gasteiger partial charge in [0.2, 0.25) is 0 Å². The van der Waals surface area contributed by atoms with Gasteiger partial charge in [-0.15, -0.1) is 0 Å². The predicted molar refractivity (Wildman–Crippen MR) is 317 cm³/mol. The summed E-state index contributed by atoms with van der Waals surface area (Å²) in [5, 5.41) is 7.33. The van der Waals surface area contributed by atoms with Gasteiger partial charge in [-0.05, 0) is 141 Å². The number of para-hydroxylation sites is 3. The van der Waals surface area contributed by atoms with Crippen LogP contribution in [0.1, 0.15) is 0 Å². The van der Waals surface area contributed by atoms with E-state index in [0.717, 1.165) is 22.6 Å². The van der Waals surface area contributed by atoms with Crippen molar-refractivity contribution in [2.75, 3.05) is 0 Å². The van der Waals surface area contributed by atoms with Crippen LogP contribution in [0, 0.1) is 0 Å². The van der Waals surface area contributed by atoms with Gasteiger partial charge in [0.15, 0.2) is 0 Å². The van der Waals surface area contributed by atoms with E-state index in [-0.39, 0.29) is 0 Å². The molecule has 15 rings (SSSR count). The third kappa shape index (κ3) is 7.05. The lowest BCUT2D eigenvalue weighted by Gasteiger charge is -2.15. The summed E-state index contributed by atoms with van der Waals surface area (Å²) in [6.07, 6.45) is 0. The number of fused-ring (bicyclic) bond motifs is 10. The van der Waals surface area contributed by atoms with E-state index in [1.54, 1.807) is 0 Å². The Balaban J connectivity index is 0.932. The van der Waals surface area contributed by atoms with Gasteiger partial charge in [-0.1, -0.05) is 200 Å². The first-order chi connectivity index (χ1) is 37.2. The number of hydrogen-bond donors (Lipinski definition) is 0. The minimum atomic E-state index is 1.12. The molecule has 0 amide bonds. The molecule has 0 unspecified atom stereocenters. The lowest BCUT2D eigenvalue weighted by Crippen LogP contribution is -1.97. The monoisotopic (exact) mass is 953 g/mol. The summed E-state index contributed by atoms with van der Waals surface area (Å²) in [6.45, 7) is 0. The van der Waals surface area contributed by atoms with E-state index in [1.807, 2.05) is 0 Å². The standard InChI is InChI=1S/C72H47N3/c1-4-19-48(20-5-1)51-25-16-27-53(41-51)55-29-18-30-58(44-55)73-66-34-13-11-32-62(66)65-47-59(37-39-69(65)73)74-68-36-15-12-33-64(68)71-70(74)40-38-63-61-31-10-14-35-67(61)75(72(63)71)60-45-56(50-23-8-3-9-24-50)43-57(46-60)54-28-17-26-52(42-54)49-21-6-2-7-22-49/h1-47H. The second-order valence-electron chi connectivity index (χ2n) is 19.7. The fourth-order valence-corrected chi connectivity index (χ4v) is 12.0. The molecule has 15 aromatic rings. The molecule has 0 radical (unpaired) electrons. The number of rotatable bonds is 8. The van der Waals surface area contributed by atoms with Crippen LogP contribution in [-0.2, 0) is 0 Å². The quantitative estimate of drug-likeness (QED) is 0.144. The molecular formula is C72H47N3. The van der Waals surface area contributed by atoms with Crippen molar-refractivity contribution in [2.45, 2.75) is 0 Å². The van der Waals surface area contributed by atoms with E-state index in [9.17, 15) is 0 Å². The lowest BCUT2D eigenvalue weighted by atomic mass is 9.95. The Bertz CT molecular complexity index is 4690. The SMILES string of the molecule is c1ccc(-c2cccc(-c3cccc(-n4c5ccccc5c5cc(-n6c7ccccc7c7c6ccc6c8ccccc8n(-c8cc(-c9ccccc9)cc(-c9cccc(-c%10ccccc%10)c9)c8)c67)ccc54)c3)c2)cc1. The highest BCUT2D eigenvalue weighted by Gasteiger charge is 2.23. The first kappa shape index (κ1) is 42.7. The maximum absolute atomic E-state index is 2.53. The summed E-state index contributed by atoms with van der Waals surface area (Å²) in [7, 11) is 0. The molecule has 75 heavy (non-hydrogen) atoms. The van der Waals surface area contributed by atoms with Gasteiger partial charge < -0.3 is 13.7 Å². The number of hydrogen-bond acceptors (Lipinski definition) is 0. The van der Waals surface area contributed by atoms with E-state index >= 15 is 0 Å². The summed E-state index contributed by atoms with van der Waals surface area (Å²) in [5.74, 6) is 0. The van der Waals surface area contributed by atoms with Crippen molar-refractivity contribution >= 4 is 65.4 Å². The average Bonchev–Trinajstić information content (AvgIpc) is 4.21. The molecule has 12 aromatic carbocycles. The van der Waals surface area contributed by atoms with Crippen LogP contribution in [0.25, 0.3) is 138 Å². The molecule has 0 saturated heterocycles. The topological polar surface area (TPSA) is 14.8 Å². The van der Waals surface area contributed by atoms with Crippen LogP contribution >= 0.6 is 0 Å². The molecule has 0 spiro atoms. The summed E-state index contributed by atoms with van der Waals surface area (Å²) in [6, 6.07) is 105. The Hall–Kier alpha value is -9.96. The minimum Gasteiger partial charge on any atom is -0.309 e. The zero-order valence-corrected chi connectivity index (χ0v) is 41.0. The largest absolute Gasteiger partial charge is 0.309 e. The van der Waals surface area contributed by atoms with E-state index in [4.69, 9.17) is 0 Å². The molecule has 3 heterocycles. The Morgan fingerprint density at radius 1 is 0.173 bits per heavy atom. The van der Waals surface area contributed by atoms with Crippen molar-refractivity contribution in [1.82, 2.24) is 13.7 Å². The molecule has 0 N–H and O–H groups in total. The van der Waals surface area contributed by atoms with Crippen molar-refractivity contribution in [2.24, 2.45) is 0 Å². The number of aromatic nitrogens is 3. The molecule has 0 aliphatic heterocycles. The minimum absolute atomic E-state index is 1.12. The first-order valence-electron chi connectivity index (χ1n) is 25.8. The Kier molecular flexibility index (Phi) is 9.89. The average molecular weight is 954 g/mol. The van der Waals surface area contributed by atoms with Crippen LogP contribution in [0.4, 0.5) is 0 Å². The smallest absolute Gasteiger partial charge is 0.0641 e. The molecule has 350 valence electrons. The van der Waals surface area contributed by atoms with Crippen molar-refractivity contribution in [3.63, 3.8) is 0 Å². The molecule has 0 fully saturated rings. The second-order valence-corrected chi connectivity index (χ2v) is 19.7. The van der Waals surface area contributed by atoms with Crippen LogP contribution in [0.2, 0.25) is 0 Å². The molecule has 3 nitrogen and oxygen atoms in total. The molecule has 0 aliphatic rings. The molecule has 3 aromatic heterocycles. The van der Waals surface area contributed by atoms with Crippen LogP contribution in [-0.4, -0.2) is 13.7 Å². The Morgan fingerprint density at radius 3 is 1.17 bits per heavy atom. The van der Waals surface area contributed by atoms with Crippen LogP contribution < -0.4 is 0 Å². The van der Waals surface area contributed by atoms with E-state index in [1.165, 1.54) is 116 Å². The molecule has 0 atom stereocenters. The highest BCUT2D eigenvalue weighted by atomic mass is 15.0. The van der Waals surface area contributed by atoms with Gasteiger partial charge in [-0.2, -0.15) is 0 Å². The van der Waals surface area contributed by atoms with Crippen molar-refractivity contribution in [1.29, 1.82) is 0 Å². The fraction of sp³-hybridized carbons (Fsp3) is 0. The van der Waals surface area contributed by atoms with Gasteiger partial charge in [-0.3, -0.25) is 0 Å². The number of benzene rings is 12. The van der Waals surface area contributed by atoms with Crippen molar-refractivity contribution < 1.29 is 0 Å². The number of nitrogens with zero attached hydrogens (tertiary/aromatic N) is 3. The maximum atomic E-state index is 2.53. The van der Waals surface area contributed by atoms with Crippen LogP contribution in [0.15, 0.2) is 285 Å². The third-order valence-corrected chi connectivity index (χ3v) is 15.4. The fourth-order valence-electron chi connectivity index (χ4n) is 12.0. The highest BCUT2D eigenvalue weighted by Crippen LogP contribution is 2.44. The summed E-state index contributed by atoms with van der Waals surface area (Å²) >= 11 is 0. The Labute approximate surface area is 434 Å². The molecule has 3 heteroatoms. The summed E-state index contributed by atoms with van der Waals surface area (Å²) < 4.78 is 7.45. The van der Waals surface area contributed by atoms with Crippen molar-refractivity contribution in [3.8, 4) is 72.7 Å². The molecular weight excluding hydrogens is 907 g/mol. The van der Waals surface area contributed by atoms with E-state index in [2.05, 4.69) is 299 Å². The van der Waals surface area contributed by atoms with Gasteiger partial charge in [0.05, 0.1) is 33.1 Å². The normalized spacial score (nSPS) is 11.7. The van der Waals surface area contributed by atoms with Crippen molar-refractivity contribution in [3.05, 3.63) is 285 Å². The zero-order chi connectivity index (χ0) is 49.4.